The highest BCUT2D eigenvalue weighted by Crippen LogP contribution is 2.57. The molecule has 0 radical (unpaired) electrons. The number of para-hydroxylation sites is 4. The minimum Gasteiger partial charge on any atom is -0.490 e. The van der Waals surface area contributed by atoms with Crippen LogP contribution in [0.1, 0.15) is 36.1 Å². The van der Waals surface area contributed by atoms with Crippen molar-refractivity contribution in [2.45, 2.75) is 44.6 Å². The van der Waals surface area contributed by atoms with Gasteiger partial charge in [-0.3, -0.25) is 9.13 Å². The van der Waals surface area contributed by atoms with Gasteiger partial charge in [0.15, 0.2) is 0 Å². The average molecular weight is 1040 g/mol. The van der Waals surface area contributed by atoms with Crippen LogP contribution in [0.25, 0.3) is 22.3 Å². The first-order chi connectivity index (χ1) is 36.4. The van der Waals surface area contributed by atoms with E-state index in [0.717, 1.165) is 55.9 Å². The van der Waals surface area contributed by atoms with E-state index < -0.39 is 45.6 Å². The Morgan fingerprint density at radius 2 is 0.840 bits per heavy atom. The predicted molar refractivity (Wildman–Crippen MR) is 297 cm³/mol. The van der Waals surface area contributed by atoms with Crippen LogP contribution in [0, 0.1) is 0 Å². The average Bonchev–Trinajstić information content (AvgIpc) is 3.44. The Kier molecular flexibility index (Phi) is 15.1. The van der Waals surface area contributed by atoms with Crippen LogP contribution in [0.3, 0.4) is 0 Å². The van der Waals surface area contributed by atoms with Crippen molar-refractivity contribution in [2.75, 3.05) is 48.8 Å². The predicted octanol–water partition coefficient (Wildman–Crippen LogP) is 10.7. The van der Waals surface area contributed by atoms with Crippen LogP contribution in [-0.4, -0.2) is 71.6 Å². The third-order valence-corrected chi connectivity index (χ3v) is 18.6. The zero-order valence-corrected chi connectivity index (χ0v) is 43.6. The summed E-state index contributed by atoms with van der Waals surface area (Å²) in [5, 5.41) is 41.8. The lowest BCUT2D eigenvalue weighted by Gasteiger charge is -2.35. The molecule has 0 spiro atoms. The van der Waals surface area contributed by atoms with Crippen molar-refractivity contribution >= 4 is 36.7 Å². The molecule has 0 bridgehead atoms. The summed E-state index contributed by atoms with van der Waals surface area (Å²) in [7, 11) is -7.20. The van der Waals surface area contributed by atoms with Crippen LogP contribution in [-0.2, 0) is 27.6 Å². The van der Waals surface area contributed by atoms with Gasteiger partial charge in [-0.1, -0.05) is 135 Å². The highest BCUT2D eigenvalue weighted by Gasteiger charge is 2.40. The summed E-state index contributed by atoms with van der Waals surface area (Å²) < 4.78 is 56.6. The minimum atomic E-state index is -3.60. The molecule has 2 heterocycles. The number of aliphatic hydroxyl groups is 4. The number of benzene rings is 8. The van der Waals surface area contributed by atoms with Crippen molar-refractivity contribution in [1.29, 1.82) is 0 Å². The van der Waals surface area contributed by atoms with Gasteiger partial charge in [-0.05, 0) is 95.1 Å². The van der Waals surface area contributed by atoms with E-state index in [2.05, 4.69) is 26.0 Å². The van der Waals surface area contributed by atoms with E-state index in [9.17, 15) is 20.4 Å². The first-order valence-electron chi connectivity index (χ1n) is 25.0. The maximum Gasteiger partial charge on any atom is 0.296 e. The molecule has 0 amide bonds. The molecule has 10 rings (SSSR count). The lowest BCUT2D eigenvalue weighted by atomic mass is 9.77. The van der Waals surface area contributed by atoms with Gasteiger partial charge in [0.05, 0.1) is 23.8 Å². The summed E-state index contributed by atoms with van der Waals surface area (Å²) in [6.45, 7) is 3.41. The van der Waals surface area contributed by atoms with E-state index >= 15 is 9.13 Å². The summed E-state index contributed by atoms with van der Waals surface area (Å²) >= 11 is 0. The third-order valence-electron chi connectivity index (χ3n) is 13.9. The molecule has 0 saturated heterocycles. The van der Waals surface area contributed by atoms with E-state index in [1.54, 1.807) is 0 Å². The van der Waals surface area contributed by atoms with Crippen molar-refractivity contribution in [2.24, 2.45) is 0 Å². The maximum atomic E-state index is 15.5. The Balaban J connectivity index is 1.03. The largest absolute Gasteiger partial charge is 0.490 e. The number of rotatable bonds is 20. The molecule has 8 aromatic carbocycles. The van der Waals surface area contributed by atoms with Crippen LogP contribution in [0.5, 0.6) is 23.0 Å². The summed E-state index contributed by atoms with van der Waals surface area (Å²) in [5.74, 6) is 2.06. The molecule has 75 heavy (non-hydrogen) atoms. The SMILES string of the molecule is CC(C)(c1ccc(OCC(O)CO)c(CN(CP2(=O)Oc3ccccc3-c3ccccc32)c2ccccc2)c1)c1ccc(OCC(O)CO)c(CN(CP2(=O)Oc3ccccc3-c3ccccc32)c2ccccc2)c1. The van der Waals surface area contributed by atoms with Gasteiger partial charge in [-0.15, -0.1) is 0 Å². The molecule has 0 aliphatic carbocycles. The van der Waals surface area contributed by atoms with Gasteiger partial charge in [0.2, 0.25) is 0 Å². The topological polar surface area (TPSA) is 158 Å². The summed E-state index contributed by atoms with van der Waals surface area (Å²) in [5.41, 5.74) is 7.68. The standard InChI is InChI=1S/C61H60N2O10P2/c1-61(2,45-29-31-55(70-39-49(66)37-64)43(33-45)35-62(47-17-5-3-6-18-47)41-74(68)59-27-15-11-23-53(59)51-21-9-13-25-57(51)72-74)46-30-32-56(71-40-50(67)38-65)44(34-46)36-63(48-19-7-4-8-20-48)42-75(69)60-28-16-12-24-54(60)52-22-10-14-26-58(52)73-75/h3-34,49-50,64-67H,35-42H2,1-2H3. The quantitative estimate of drug-likeness (QED) is 0.0536. The molecular formula is C61H60N2O10P2. The Morgan fingerprint density at radius 1 is 0.480 bits per heavy atom. The Labute approximate surface area is 437 Å². The number of hydrogen-bond donors (Lipinski definition) is 4. The Hall–Kier alpha value is -7.14. The van der Waals surface area contributed by atoms with Crippen LogP contribution in [0.15, 0.2) is 194 Å². The fourth-order valence-corrected chi connectivity index (χ4v) is 14.6. The van der Waals surface area contributed by atoms with Gasteiger partial charge in [-0.2, -0.15) is 0 Å². The molecule has 12 nitrogen and oxygen atoms in total. The maximum absolute atomic E-state index is 15.5. The molecule has 0 fully saturated rings. The van der Waals surface area contributed by atoms with Gasteiger partial charge < -0.3 is 48.7 Å². The Bertz CT molecular complexity index is 3170. The van der Waals surface area contributed by atoms with Crippen LogP contribution < -0.4 is 38.9 Å². The minimum absolute atomic E-state index is 0.0263. The molecule has 2 aliphatic rings. The number of anilines is 2. The number of hydrogen-bond acceptors (Lipinski definition) is 12. The molecule has 384 valence electrons. The van der Waals surface area contributed by atoms with E-state index in [-0.39, 0.29) is 38.9 Å². The lowest BCUT2D eigenvalue weighted by molar-refractivity contribution is 0.0533. The van der Waals surface area contributed by atoms with Crippen LogP contribution in [0.2, 0.25) is 0 Å². The van der Waals surface area contributed by atoms with Gasteiger partial charge in [-0.25, -0.2) is 0 Å². The van der Waals surface area contributed by atoms with Crippen LogP contribution in [0.4, 0.5) is 11.4 Å². The monoisotopic (exact) mass is 1040 g/mol. The third kappa shape index (κ3) is 10.9. The molecular weight excluding hydrogens is 983 g/mol. The molecule has 0 aromatic heterocycles. The fraction of sp³-hybridized carbons (Fsp3) is 0.213. The first-order valence-corrected chi connectivity index (χ1v) is 28.6. The van der Waals surface area contributed by atoms with Crippen molar-refractivity contribution in [1.82, 2.24) is 0 Å². The zero-order chi connectivity index (χ0) is 52.2. The Morgan fingerprint density at radius 3 is 1.24 bits per heavy atom. The van der Waals surface area contributed by atoms with Gasteiger partial charge in [0, 0.05) is 52.1 Å². The second kappa shape index (κ2) is 22.0. The highest BCUT2D eigenvalue weighted by molar-refractivity contribution is 7.68. The van der Waals surface area contributed by atoms with E-state index in [0.29, 0.717) is 33.6 Å². The summed E-state index contributed by atoms with van der Waals surface area (Å²) in [6, 6.07) is 62.0. The second-order valence-electron chi connectivity index (χ2n) is 19.5. The van der Waals surface area contributed by atoms with Crippen molar-refractivity contribution in [3.05, 3.63) is 216 Å². The molecule has 0 saturated carbocycles. The first kappa shape index (κ1) is 51.4. The number of ether oxygens (including phenoxy) is 2. The smallest absolute Gasteiger partial charge is 0.296 e. The number of nitrogens with zero attached hydrogens (tertiary/aromatic N) is 2. The van der Waals surface area contributed by atoms with Crippen LogP contribution >= 0.6 is 14.7 Å². The number of aliphatic hydroxyl groups excluding tert-OH is 4. The second-order valence-corrected chi connectivity index (χ2v) is 24.1. The molecule has 4 N–H and O–H groups in total. The molecule has 14 heteroatoms. The van der Waals surface area contributed by atoms with Gasteiger partial charge >= 0.3 is 0 Å². The van der Waals surface area contributed by atoms with E-state index in [1.165, 1.54) is 0 Å². The number of fused-ring (bicyclic) bond motifs is 6. The zero-order valence-electron chi connectivity index (χ0n) is 41.8. The molecule has 2 aliphatic heterocycles. The van der Waals surface area contributed by atoms with Crippen molar-refractivity contribution in [3.63, 3.8) is 0 Å². The van der Waals surface area contributed by atoms with E-state index in [4.69, 9.17) is 18.5 Å². The highest BCUT2D eigenvalue weighted by atomic mass is 31.2. The van der Waals surface area contributed by atoms with E-state index in [1.807, 2.05) is 192 Å². The summed E-state index contributed by atoms with van der Waals surface area (Å²) in [4.78, 5) is 4.07. The lowest BCUT2D eigenvalue weighted by Crippen LogP contribution is -2.31. The van der Waals surface area contributed by atoms with Gasteiger partial charge in [0.1, 0.15) is 61.0 Å². The molecule has 4 atom stereocenters. The normalized spacial score (nSPS) is 17.1. The molecule has 8 aromatic rings. The van der Waals surface area contributed by atoms with Gasteiger partial charge in [0.25, 0.3) is 14.7 Å². The van der Waals surface area contributed by atoms with Crippen molar-refractivity contribution in [3.8, 4) is 45.3 Å². The van der Waals surface area contributed by atoms with Crippen molar-refractivity contribution < 1.29 is 48.1 Å². The summed E-state index contributed by atoms with van der Waals surface area (Å²) in [6.07, 6.45) is -2.19. The molecule has 4 unspecified atom stereocenters. The fourth-order valence-electron chi connectivity index (χ4n) is 9.85.